The second-order valence-electron chi connectivity index (χ2n) is 4.15. The quantitative estimate of drug-likeness (QED) is 0.763. The number of aryl methyl sites for hydroxylation is 2. The van der Waals surface area contributed by atoms with Crippen LogP contribution in [0.15, 0.2) is 33.2 Å². The molecule has 6 nitrogen and oxygen atoms in total. The zero-order chi connectivity index (χ0) is 13.4. The van der Waals surface area contributed by atoms with Crippen molar-refractivity contribution in [3.05, 3.63) is 41.9 Å². The van der Waals surface area contributed by atoms with Crippen LogP contribution >= 0.6 is 0 Å². The SMILES string of the molecule is Cc1cnc(C(=O)Nc2ccc3nc(C)oc3c2)o1. The second kappa shape index (κ2) is 4.24. The molecule has 0 saturated heterocycles. The number of hydrogen-bond donors (Lipinski definition) is 1. The van der Waals surface area contributed by atoms with Crippen LogP contribution in [0.25, 0.3) is 11.1 Å². The maximum absolute atomic E-state index is 11.9. The van der Waals surface area contributed by atoms with Gasteiger partial charge in [0.15, 0.2) is 11.5 Å². The van der Waals surface area contributed by atoms with E-state index in [1.54, 1.807) is 32.0 Å². The summed E-state index contributed by atoms with van der Waals surface area (Å²) in [7, 11) is 0. The van der Waals surface area contributed by atoms with E-state index < -0.39 is 5.91 Å². The summed E-state index contributed by atoms with van der Waals surface area (Å²) in [6, 6.07) is 5.24. The number of anilines is 1. The lowest BCUT2D eigenvalue weighted by Crippen LogP contribution is -2.11. The highest BCUT2D eigenvalue weighted by molar-refractivity contribution is 6.01. The molecule has 0 aliphatic carbocycles. The second-order valence-corrected chi connectivity index (χ2v) is 4.15. The molecule has 2 aromatic heterocycles. The van der Waals surface area contributed by atoms with E-state index in [4.69, 9.17) is 8.83 Å². The van der Waals surface area contributed by atoms with Crippen LogP contribution in [-0.2, 0) is 0 Å². The molecule has 3 rings (SSSR count). The van der Waals surface area contributed by atoms with Crippen molar-refractivity contribution in [3.8, 4) is 0 Å². The van der Waals surface area contributed by atoms with E-state index in [0.29, 0.717) is 22.9 Å². The van der Waals surface area contributed by atoms with Crippen LogP contribution in [0.3, 0.4) is 0 Å². The molecule has 0 saturated carbocycles. The Morgan fingerprint density at radius 2 is 2.11 bits per heavy atom. The van der Waals surface area contributed by atoms with Gasteiger partial charge in [-0.3, -0.25) is 4.79 Å². The number of nitrogens with zero attached hydrogens (tertiary/aromatic N) is 2. The Morgan fingerprint density at radius 1 is 1.26 bits per heavy atom. The van der Waals surface area contributed by atoms with Crippen LogP contribution < -0.4 is 5.32 Å². The molecule has 19 heavy (non-hydrogen) atoms. The fourth-order valence-corrected chi connectivity index (χ4v) is 1.76. The van der Waals surface area contributed by atoms with Crippen LogP contribution in [0, 0.1) is 13.8 Å². The van der Waals surface area contributed by atoms with E-state index in [-0.39, 0.29) is 5.89 Å². The van der Waals surface area contributed by atoms with E-state index in [0.717, 1.165) is 5.52 Å². The van der Waals surface area contributed by atoms with Gasteiger partial charge in [-0.2, -0.15) is 0 Å². The smallest absolute Gasteiger partial charge is 0.311 e. The highest BCUT2D eigenvalue weighted by atomic mass is 16.4. The Hall–Kier alpha value is -2.63. The predicted octanol–water partition coefficient (Wildman–Crippen LogP) is 2.68. The topological polar surface area (TPSA) is 81.2 Å². The minimum atomic E-state index is -0.399. The first-order chi connectivity index (χ1) is 9.11. The summed E-state index contributed by atoms with van der Waals surface area (Å²) < 4.78 is 10.5. The minimum absolute atomic E-state index is 0.0337. The largest absolute Gasteiger partial charge is 0.441 e. The molecule has 1 amide bonds. The molecule has 0 fully saturated rings. The van der Waals surface area contributed by atoms with Gasteiger partial charge in [-0.1, -0.05) is 0 Å². The number of rotatable bonds is 2. The summed E-state index contributed by atoms with van der Waals surface area (Å²) in [4.78, 5) is 19.9. The standard InChI is InChI=1S/C13H11N3O3/c1-7-6-14-13(18-7)12(17)16-9-3-4-10-11(5-9)19-8(2)15-10/h3-6H,1-2H3,(H,16,17). The number of amides is 1. The van der Waals surface area contributed by atoms with Crippen LogP contribution in [0.5, 0.6) is 0 Å². The number of carbonyl (C=O) groups is 1. The molecule has 0 spiro atoms. The third-order valence-corrected chi connectivity index (χ3v) is 2.57. The van der Waals surface area contributed by atoms with E-state index >= 15 is 0 Å². The first-order valence-electron chi connectivity index (χ1n) is 5.73. The lowest BCUT2D eigenvalue weighted by atomic mass is 10.3. The summed E-state index contributed by atoms with van der Waals surface area (Å²) in [6.45, 7) is 3.50. The first kappa shape index (κ1) is 11.5. The van der Waals surface area contributed by atoms with Crippen molar-refractivity contribution in [1.29, 1.82) is 0 Å². The van der Waals surface area contributed by atoms with Crippen molar-refractivity contribution in [2.24, 2.45) is 0 Å². The molecule has 1 N–H and O–H groups in total. The molecular weight excluding hydrogens is 246 g/mol. The summed E-state index contributed by atoms with van der Waals surface area (Å²) in [5.41, 5.74) is 1.98. The Balaban J connectivity index is 1.86. The van der Waals surface area contributed by atoms with E-state index in [9.17, 15) is 4.79 Å². The lowest BCUT2D eigenvalue weighted by molar-refractivity contribution is 0.0989. The van der Waals surface area contributed by atoms with Gasteiger partial charge in [-0.25, -0.2) is 9.97 Å². The van der Waals surface area contributed by atoms with Crippen LogP contribution in [0.1, 0.15) is 22.3 Å². The highest BCUT2D eigenvalue weighted by Gasteiger charge is 2.13. The number of benzene rings is 1. The summed E-state index contributed by atoms with van der Waals surface area (Å²) >= 11 is 0. The molecule has 0 bridgehead atoms. The van der Waals surface area contributed by atoms with Crippen molar-refractivity contribution in [1.82, 2.24) is 9.97 Å². The van der Waals surface area contributed by atoms with Crippen molar-refractivity contribution >= 4 is 22.7 Å². The third kappa shape index (κ3) is 2.20. The Morgan fingerprint density at radius 3 is 2.84 bits per heavy atom. The summed E-state index contributed by atoms with van der Waals surface area (Å²) in [5, 5.41) is 2.69. The monoisotopic (exact) mass is 257 g/mol. The number of oxazole rings is 2. The Labute approximate surface area is 108 Å². The average Bonchev–Trinajstić information content (AvgIpc) is 2.93. The Kier molecular flexibility index (Phi) is 2.56. The molecule has 0 aliphatic heterocycles. The number of fused-ring (bicyclic) bond motifs is 1. The van der Waals surface area contributed by atoms with Gasteiger partial charge in [0.1, 0.15) is 11.3 Å². The zero-order valence-electron chi connectivity index (χ0n) is 10.4. The maximum atomic E-state index is 11.9. The molecule has 96 valence electrons. The molecule has 2 heterocycles. The minimum Gasteiger partial charge on any atom is -0.441 e. The van der Waals surface area contributed by atoms with Gasteiger partial charge in [0.2, 0.25) is 0 Å². The number of nitrogens with one attached hydrogen (secondary N) is 1. The van der Waals surface area contributed by atoms with Gasteiger partial charge in [-0.15, -0.1) is 0 Å². The molecule has 1 aromatic carbocycles. The van der Waals surface area contributed by atoms with Crippen LogP contribution in [-0.4, -0.2) is 15.9 Å². The first-order valence-corrected chi connectivity index (χ1v) is 5.73. The fraction of sp³-hybridized carbons (Fsp3) is 0.154. The third-order valence-electron chi connectivity index (χ3n) is 2.57. The number of hydrogen-bond acceptors (Lipinski definition) is 5. The van der Waals surface area contributed by atoms with E-state index in [2.05, 4.69) is 15.3 Å². The molecule has 3 aromatic rings. The van der Waals surface area contributed by atoms with E-state index in [1.165, 1.54) is 6.20 Å². The lowest BCUT2D eigenvalue weighted by Gasteiger charge is -2.01. The molecule has 6 heteroatoms. The van der Waals surface area contributed by atoms with Gasteiger partial charge in [0.25, 0.3) is 5.89 Å². The maximum Gasteiger partial charge on any atom is 0.311 e. The van der Waals surface area contributed by atoms with Crippen molar-refractivity contribution in [2.75, 3.05) is 5.32 Å². The van der Waals surface area contributed by atoms with Crippen molar-refractivity contribution in [3.63, 3.8) is 0 Å². The normalized spacial score (nSPS) is 10.8. The predicted molar refractivity (Wildman–Crippen MR) is 67.9 cm³/mol. The number of carbonyl (C=O) groups excluding carboxylic acids is 1. The average molecular weight is 257 g/mol. The van der Waals surface area contributed by atoms with Crippen LogP contribution in [0.2, 0.25) is 0 Å². The summed E-state index contributed by atoms with van der Waals surface area (Å²) in [5.74, 6) is 0.809. The van der Waals surface area contributed by atoms with Crippen molar-refractivity contribution < 1.29 is 13.6 Å². The van der Waals surface area contributed by atoms with Crippen LogP contribution in [0.4, 0.5) is 5.69 Å². The van der Waals surface area contributed by atoms with Gasteiger partial charge >= 0.3 is 5.91 Å². The van der Waals surface area contributed by atoms with Gasteiger partial charge in [0, 0.05) is 18.7 Å². The zero-order valence-corrected chi connectivity index (χ0v) is 10.4. The van der Waals surface area contributed by atoms with Crippen molar-refractivity contribution in [2.45, 2.75) is 13.8 Å². The molecule has 0 radical (unpaired) electrons. The van der Waals surface area contributed by atoms with Gasteiger partial charge < -0.3 is 14.2 Å². The van der Waals surface area contributed by atoms with E-state index in [1.807, 2.05) is 0 Å². The Bertz CT molecular complexity index is 757. The number of aromatic nitrogens is 2. The van der Waals surface area contributed by atoms with Gasteiger partial charge in [-0.05, 0) is 19.1 Å². The molecule has 0 aliphatic rings. The fourth-order valence-electron chi connectivity index (χ4n) is 1.76. The highest BCUT2D eigenvalue weighted by Crippen LogP contribution is 2.20. The summed E-state index contributed by atoms with van der Waals surface area (Å²) in [6.07, 6.45) is 1.50. The molecular formula is C13H11N3O3. The van der Waals surface area contributed by atoms with Gasteiger partial charge in [0.05, 0.1) is 6.20 Å². The molecule has 0 atom stereocenters. The molecule has 0 unspecified atom stereocenters.